The lowest BCUT2D eigenvalue weighted by Gasteiger charge is -2.20. The molecule has 2 rings (SSSR count). The topological polar surface area (TPSA) is 29.9 Å². The number of hydrogen-bond donors (Lipinski definition) is 1. The summed E-state index contributed by atoms with van der Waals surface area (Å²) in [6, 6.07) is 2.45. The van der Waals surface area contributed by atoms with Gasteiger partial charge in [0.25, 0.3) is 0 Å². The number of aromatic nitrogens is 2. The number of benzene rings is 1. The Morgan fingerprint density at radius 2 is 2.10 bits per heavy atom. The van der Waals surface area contributed by atoms with E-state index in [1.807, 2.05) is 24.7 Å². The minimum Gasteiger partial charge on any atom is -0.338 e. The monoisotopic (exact) mass is 293 g/mol. The summed E-state index contributed by atoms with van der Waals surface area (Å²) in [6.45, 7) is 4.23. The van der Waals surface area contributed by atoms with Gasteiger partial charge in [0.05, 0.1) is 0 Å². The van der Waals surface area contributed by atoms with Crippen molar-refractivity contribution in [3.63, 3.8) is 0 Å². The summed E-state index contributed by atoms with van der Waals surface area (Å²) in [7, 11) is 1.92. The zero-order valence-corrected chi connectivity index (χ0v) is 12.7. The predicted molar refractivity (Wildman–Crippen MR) is 79.0 cm³/mol. The third kappa shape index (κ3) is 3.47. The summed E-state index contributed by atoms with van der Waals surface area (Å²) in [5.41, 5.74) is 0.595. The summed E-state index contributed by atoms with van der Waals surface area (Å²) < 4.78 is 30.3. The number of nitrogens with zero attached hydrogens (tertiary/aromatic N) is 2. The van der Waals surface area contributed by atoms with Crippen LogP contribution in [0.1, 0.15) is 36.3 Å². The molecule has 0 bridgehead atoms. The van der Waals surface area contributed by atoms with Crippen molar-refractivity contribution in [1.29, 1.82) is 0 Å². The molecular formula is C16H21F2N3. The predicted octanol–water partition coefficient (Wildman–Crippen LogP) is 3.29. The van der Waals surface area contributed by atoms with E-state index in [0.717, 1.165) is 5.82 Å². The van der Waals surface area contributed by atoms with Crippen LogP contribution in [0.15, 0.2) is 24.5 Å². The van der Waals surface area contributed by atoms with E-state index < -0.39 is 11.6 Å². The van der Waals surface area contributed by atoms with E-state index in [9.17, 15) is 8.78 Å². The number of aryl methyl sites for hydroxylation is 3. The Labute approximate surface area is 124 Å². The Morgan fingerprint density at radius 3 is 2.71 bits per heavy atom. The molecule has 0 aliphatic heterocycles. The number of imidazole rings is 1. The van der Waals surface area contributed by atoms with Gasteiger partial charge >= 0.3 is 0 Å². The quantitative estimate of drug-likeness (QED) is 0.885. The van der Waals surface area contributed by atoms with E-state index in [1.54, 1.807) is 13.1 Å². The first kappa shape index (κ1) is 15.6. The molecule has 0 fully saturated rings. The smallest absolute Gasteiger partial charge is 0.133 e. The van der Waals surface area contributed by atoms with Crippen LogP contribution in [0.5, 0.6) is 0 Å². The van der Waals surface area contributed by atoms with Gasteiger partial charge in [-0.25, -0.2) is 13.8 Å². The van der Waals surface area contributed by atoms with Gasteiger partial charge in [-0.05, 0) is 31.5 Å². The lowest BCUT2D eigenvalue weighted by atomic mass is 9.98. The zero-order valence-electron chi connectivity index (χ0n) is 12.7. The molecule has 1 unspecified atom stereocenters. The summed E-state index contributed by atoms with van der Waals surface area (Å²) in [5, 5.41) is 3.17. The lowest BCUT2D eigenvalue weighted by Crippen LogP contribution is -2.24. The minimum atomic E-state index is -0.496. The molecule has 0 aliphatic carbocycles. The summed E-state index contributed by atoms with van der Waals surface area (Å²) in [5.74, 6) is -0.0453. The SMILES string of the molecule is CCNC(CCc1nccn1C)c1c(F)ccc(C)c1F. The average molecular weight is 293 g/mol. The van der Waals surface area contributed by atoms with Crippen LogP contribution >= 0.6 is 0 Å². The molecule has 1 heterocycles. The minimum absolute atomic E-state index is 0.131. The molecule has 1 aromatic heterocycles. The van der Waals surface area contributed by atoms with Crippen molar-refractivity contribution < 1.29 is 8.78 Å². The van der Waals surface area contributed by atoms with Gasteiger partial charge in [-0.2, -0.15) is 0 Å². The molecule has 2 aromatic rings. The van der Waals surface area contributed by atoms with Gasteiger partial charge in [0.1, 0.15) is 17.5 Å². The van der Waals surface area contributed by atoms with Crippen LogP contribution in [0.4, 0.5) is 8.78 Å². The molecular weight excluding hydrogens is 272 g/mol. The first-order valence-electron chi connectivity index (χ1n) is 7.18. The van der Waals surface area contributed by atoms with E-state index in [0.29, 0.717) is 24.9 Å². The molecule has 1 N–H and O–H groups in total. The molecule has 114 valence electrons. The summed E-state index contributed by atoms with van der Waals surface area (Å²) in [6.07, 6.45) is 4.85. The van der Waals surface area contributed by atoms with Gasteiger partial charge in [-0.1, -0.05) is 13.0 Å². The fourth-order valence-corrected chi connectivity index (χ4v) is 2.50. The molecule has 21 heavy (non-hydrogen) atoms. The molecule has 0 saturated carbocycles. The third-order valence-corrected chi connectivity index (χ3v) is 3.70. The molecule has 0 saturated heterocycles. The standard InChI is InChI=1S/C16H21F2N3/c1-4-19-13(7-8-14-20-9-10-21(14)3)15-12(17)6-5-11(2)16(15)18/h5-6,9-10,13,19H,4,7-8H2,1-3H3. The second-order valence-corrected chi connectivity index (χ2v) is 5.20. The van der Waals surface area contributed by atoms with Crippen LogP contribution in [-0.4, -0.2) is 16.1 Å². The van der Waals surface area contributed by atoms with Gasteiger partial charge in [0.2, 0.25) is 0 Å². The maximum absolute atomic E-state index is 14.3. The van der Waals surface area contributed by atoms with Gasteiger partial charge in [0, 0.05) is 37.5 Å². The number of rotatable bonds is 6. The third-order valence-electron chi connectivity index (χ3n) is 3.70. The normalized spacial score (nSPS) is 12.6. The highest BCUT2D eigenvalue weighted by molar-refractivity contribution is 5.29. The van der Waals surface area contributed by atoms with Crippen molar-refractivity contribution in [3.8, 4) is 0 Å². The highest BCUT2D eigenvalue weighted by Crippen LogP contribution is 2.26. The van der Waals surface area contributed by atoms with E-state index in [-0.39, 0.29) is 11.6 Å². The van der Waals surface area contributed by atoms with Crippen LogP contribution in [0.25, 0.3) is 0 Å². The van der Waals surface area contributed by atoms with Crippen LogP contribution in [-0.2, 0) is 13.5 Å². The van der Waals surface area contributed by atoms with E-state index in [1.165, 1.54) is 12.1 Å². The lowest BCUT2D eigenvalue weighted by molar-refractivity contribution is 0.448. The van der Waals surface area contributed by atoms with Crippen LogP contribution < -0.4 is 5.32 Å². The van der Waals surface area contributed by atoms with Crippen molar-refractivity contribution in [2.45, 2.75) is 32.7 Å². The fourth-order valence-electron chi connectivity index (χ4n) is 2.50. The van der Waals surface area contributed by atoms with E-state index in [2.05, 4.69) is 10.3 Å². The van der Waals surface area contributed by atoms with E-state index >= 15 is 0 Å². The number of hydrogen-bond acceptors (Lipinski definition) is 2. The number of nitrogens with one attached hydrogen (secondary N) is 1. The maximum atomic E-state index is 14.3. The second kappa shape index (κ2) is 6.80. The fraction of sp³-hybridized carbons (Fsp3) is 0.438. The van der Waals surface area contributed by atoms with Crippen molar-refractivity contribution in [2.75, 3.05) is 6.54 Å². The molecule has 0 aliphatic rings. The zero-order chi connectivity index (χ0) is 15.4. The van der Waals surface area contributed by atoms with Crippen molar-refractivity contribution in [2.24, 2.45) is 7.05 Å². The highest BCUT2D eigenvalue weighted by Gasteiger charge is 2.21. The molecule has 5 heteroatoms. The first-order valence-corrected chi connectivity index (χ1v) is 7.18. The Morgan fingerprint density at radius 1 is 1.33 bits per heavy atom. The Hall–Kier alpha value is -1.75. The van der Waals surface area contributed by atoms with Crippen molar-refractivity contribution in [1.82, 2.24) is 14.9 Å². The molecule has 3 nitrogen and oxygen atoms in total. The van der Waals surface area contributed by atoms with Gasteiger partial charge < -0.3 is 9.88 Å². The van der Waals surface area contributed by atoms with Gasteiger partial charge in [-0.3, -0.25) is 0 Å². The Kier molecular flexibility index (Phi) is 5.07. The van der Waals surface area contributed by atoms with Gasteiger partial charge in [-0.15, -0.1) is 0 Å². The molecule has 0 amide bonds. The second-order valence-electron chi connectivity index (χ2n) is 5.20. The highest BCUT2D eigenvalue weighted by atomic mass is 19.1. The molecule has 0 radical (unpaired) electrons. The molecule has 1 atom stereocenters. The maximum Gasteiger partial charge on any atom is 0.133 e. The van der Waals surface area contributed by atoms with Crippen LogP contribution in [0.3, 0.4) is 0 Å². The number of halogens is 2. The Balaban J connectivity index is 2.23. The van der Waals surface area contributed by atoms with Crippen molar-refractivity contribution in [3.05, 3.63) is 53.1 Å². The van der Waals surface area contributed by atoms with Gasteiger partial charge in [0.15, 0.2) is 0 Å². The molecule has 0 spiro atoms. The Bertz CT molecular complexity index is 608. The summed E-state index contributed by atoms with van der Waals surface area (Å²) in [4.78, 5) is 4.25. The molecule has 1 aromatic carbocycles. The van der Waals surface area contributed by atoms with Crippen molar-refractivity contribution >= 4 is 0 Å². The summed E-state index contributed by atoms with van der Waals surface area (Å²) >= 11 is 0. The van der Waals surface area contributed by atoms with Crippen LogP contribution in [0.2, 0.25) is 0 Å². The van der Waals surface area contributed by atoms with E-state index in [4.69, 9.17) is 0 Å². The van der Waals surface area contributed by atoms with Crippen LogP contribution in [0, 0.1) is 18.6 Å². The first-order chi connectivity index (χ1) is 10.0. The average Bonchev–Trinajstić information content (AvgIpc) is 2.86. The largest absolute Gasteiger partial charge is 0.338 e.